The predicted octanol–water partition coefficient (Wildman–Crippen LogP) is 4.33. The molecule has 1 aliphatic heterocycles. The van der Waals surface area contributed by atoms with E-state index in [1.54, 1.807) is 34.0 Å². The van der Waals surface area contributed by atoms with Crippen LogP contribution in [0.15, 0.2) is 60.1 Å². The summed E-state index contributed by atoms with van der Waals surface area (Å²) in [7, 11) is 0. The van der Waals surface area contributed by atoms with Crippen molar-refractivity contribution in [2.75, 3.05) is 18.4 Å². The first-order chi connectivity index (χ1) is 17.0. The molecule has 10 heteroatoms. The van der Waals surface area contributed by atoms with Gasteiger partial charge in [0.25, 0.3) is 5.91 Å². The Hall–Kier alpha value is -3.92. The summed E-state index contributed by atoms with van der Waals surface area (Å²) < 4.78 is 15.0. The standard InChI is InChI=1S/C25H23FN6O2S/c1-16-6-11-21(27-14-16)28-24(33)17-4-2-12-31(15-17)25(34)22-29-23(20-5-3-13-35-20)32(30-22)19-9-7-18(26)8-10-19/h3,5-11,13-14,17H,2,4,12,15H2,1H3,(H,27,28,33). The predicted molar refractivity (Wildman–Crippen MR) is 131 cm³/mol. The Bertz CT molecular complexity index is 1340. The molecule has 3 aromatic heterocycles. The molecule has 8 nitrogen and oxygen atoms in total. The number of aryl methyl sites for hydroxylation is 1. The molecule has 1 unspecified atom stereocenters. The number of nitrogens with one attached hydrogen (secondary N) is 1. The highest BCUT2D eigenvalue weighted by Gasteiger charge is 2.31. The van der Waals surface area contributed by atoms with Gasteiger partial charge in [-0.2, -0.15) is 0 Å². The Morgan fingerprint density at radius 3 is 2.69 bits per heavy atom. The zero-order valence-electron chi connectivity index (χ0n) is 19.0. The Morgan fingerprint density at radius 1 is 1.14 bits per heavy atom. The van der Waals surface area contributed by atoms with Gasteiger partial charge in [0.2, 0.25) is 11.7 Å². The van der Waals surface area contributed by atoms with Gasteiger partial charge in [-0.05, 0) is 67.1 Å². The summed E-state index contributed by atoms with van der Waals surface area (Å²) in [5.41, 5.74) is 1.61. The van der Waals surface area contributed by atoms with Crippen LogP contribution in [0, 0.1) is 18.7 Å². The number of halogens is 1. The number of pyridine rings is 1. The maximum Gasteiger partial charge on any atom is 0.293 e. The van der Waals surface area contributed by atoms with Gasteiger partial charge in [-0.3, -0.25) is 9.59 Å². The molecular formula is C25H23FN6O2S. The molecule has 1 aromatic carbocycles. The minimum atomic E-state index is -0.360. The average Bonchev–Trinajstić information content (AvgIpc) is 3.56. The number of likely N-dealkylation sites (tertiary alicyclic amines) is 1. The molecule has 2 amide bonds. The Morgan fingerprint density at radius 2 is 1.97 bits per heavy atom. The fraction of sp³-hybridized carbons (Fsp3) is 0.240. The van der Waals surface area contributed by atoms with Crippen LogP contribution in [0.2, 0.25) is 0 Å². The number of anilines is 1. The van der Waals surface area contributed by atoms with E-state index in [0.717, 1.165) is 10.4 Å². The van der Waals surface area contributed by atoms with E-state index >= 15 is 0 Å². The molecule has 0 saturated carbocycles. The first-order valence-corrected chi connectivity index (χ1v) is 12.2. The zero-order valence-corrected chi connectivity index (χ0v) is 19.8. The number of hydrogen-bond donors (Lipinski definition) is 1. The topological polar surface area (TPSA) is 93.0 Å². The second-order valence-corrected chi connectivity index (χ2v) is 9.37. The van der Waals surface area contributed by atoms with Crippen molar-refractivity contribution in [3.05, 3.63) is 77.3 Å². The Balaban J connectivity index is 1.36. The van der Waals surface area contributed by atoms with Gasteiger partial charge >= 0.3 is 0 Å². The molecule has 0 spiro atoms. The van der Waals surface area contributed by atoms with E-state index in [2.05, 4.69) is 20.4 Å². The molecule has 178 valence electrons. The number of carbonyl (C=O) groups is 2. The molecular weight excluding hydrogens is 467 g/mol. The maximum atomic E-state index is 13.5. The van der Waals surface area contributed by atoms with E-state index in [0.29, 0.717) is 36.7 Å². The van der Waals surface area contributed by atoms with Gasteiger partial charge in [-0.25, -0.2) is 19.0 Å². The second kappa shape index (κ2) is 9.75. The SMILES string of the molecule is Cc1ccc(NC(=O)C2CCCN(C(=O)c3nc(-c4cccs4)n(-c4ccc(F)cc4)n3)C2)nc1. The number of hydrogen-bond acceptors (Lipinski definition) is 6. The lowest BCUT2D eigenvalue weighted by atomic mass is 9.97. The van der Waals surface area contributed by atoms with Crippen molar-refractivity contribution in [3.63, 3.8) is 0 Å². The smallest absolute Gasteiger partial charge is 0.293 e. The number of nitrogens with zero attached hydrogens (tertiary/aromatic N) is 5. The van der Waals surface area contributed by atoms with Crippen LogP contribution < -0.4 is 5.32 Å². The van der Waals surface area contributed by atoms with E-state index in [9.17, 15) is 14.0 Å². The second-order valence-electron chi connectivity index (χ2n) is 8.42. The number of thiophene rings is 1. The highest BCUT2D eigenvalue weighted by molar-refractivity contribution is 7.13. The van der Waals surface area contributed by atoms with Crippen molar-refractivity contribution in [2.24, 2.45) is 5.92 Å². The molecule has 0 bridgehead atoms. The molecule has 1 fully saturated rings. The van der Waals surface area contributed by atoms with Crippen molar-refractivity contribution in [3.8, 4) is 16.4 Å². The third-order valence-electron chi connectivity index (χ3n) is 5.85. The van der Waals surface area contributed by atoms with Gasteiger partial charge in [-0.1, -0.05) is 12.1 Å². The lowest BCUT2D eigenvalue weighted by Gasteiger charge is -2.31. The van der Waals surface area contributed by atoms with Crippen LogP contribution in [-0.4, -0.2) is 49.6 Å². The Kier molecular flexibility index (Phi) is 6.37. The number of carbonyl (C=O) groups excluding carboxylic acids is 2. The van der Waals surface area contributed by atoms with Gasteiger partial charge in [-0.15, -0.1) is 16.4 Å². The van der Waals surface area contributed by atoms with E-state index in [1.807, 2.05) is 30.5 Å². The fourth-order valence-electron chi connectivity index (χ4n) is 4.02. The molecule has 35 heavy (non-hydrogen) atoms. The molecule has 4 aromatic rings. The highest BCUT2D eigenvalue weighted by Crippen LogP contribution is 2.27. The summed E-state index contributed by atoms with van der Waals surface area (Å²) in [5.74, 6) is -0.180. The molecule has 1 atom stereocenters. The number of aromatic nitrogens is 4. The third-order valence-corrected chi connectivity index (χ3v) is 6.72. The monoisotopic (exact) mass is 490 g/mol. The van der Waals surface area contributed by atoms with Crippen LogP contribution >= 0.6 is 11.3 Å². The molecule has 4 heterocycles. The van der Waals surface area contributed by atoms with E-state index in [1.165, 1.54) is 23.5 Å². The number of piperidine rings is 1. The van der Waals surface area contributed by atoms with Crippen LogP contribution in [0.1, 0.15) is 29.0 Å². The van der Waals surface area contributed by atoms with Gasteiger partial charge in [0.05, 0.1) is 16.5 Å². The molecule has 1 N–H and O–H groups in total. The van der Waals surface area contributed by atoms with Crippen molar-refractivity contribution in [1.82, 2.24) is 24.6 Å². The van der Waals surface area contributed by atoms with Crippen LogP contribution in [0.3, 0.4) is 0 Å². The normalized spacial score (nSPS) is 15.7. The van der Waals surface area contributed by atoms with Crippen molar-refractivity contribution in [1.29, 1.82) is 0 Å². The molecule has 0 aliphatic carbocycles. The summed E-state index contributed by atoms with van der Waals surface area (Å²) in [6, 6.07) is 13.3. The number of amides is 2. The third kappa shape index (κ3) is 4.97. The van der Waals surface area contributed by atoms with Gasteiger partial charge in [0, 0.05) is 19.3 Å². The van der Waals surface area contributed by atoms with Crippen LogP contribution in [0.25, 0.3) is 16.4 Å². The summed E-state index contributed by atoms with van der Waals surface area (Å²) in [6.07, 6.45) is 3.07. The van der Waals surface area contributed by atoms with Crippen molar-refractivity contribution < 1.29 is 14.0 Å². The van der Waals surface area contributed by atoms with E-state index in [-0.39, 0.29) is 35.9 Å². The molecule has 1 saturated heterocycles. The summed E-state index contributed by atoms with van der Waals surface area (Å²) in [5, 5.41) is 9.23. The maximum absolute atomic E-state index is 13.5. The van der Waals surface area contributed by atoms with Crippen LogP contribution in [0.4, 0.5) is 10.2 Å². The number of rotatable bonds is 5. The van der Waals surface area contributed by atoms with Gasteiger partial charge < -0.3 is 10.2 Å². The lowest BCUT2D eigenvalue weighted by Crippen LogP contribution is -2.44. The van der Waals surface area contributed by atoms with E-state index in [4.69, 9.17) is 0 Å². The Labute approximate surface area is 205 Å². The quantitative estimate of drug-likeness (QED) is 0.450. The molecule has 5 rings (SSSR count). The van der Waals surface area contributed by atoms with E-state index < -0.39 is 0 Å². The minimum Gasteiger partial charge on any atom is -0.335 e. The lowest BCUT2D eigenvalue weighted by molar-refractivity contribution is -0.121. The van der Waals surface area contributed by atoms with Gasteiger partial charge in [0.15, 0.2) is 5.82 Å². The largest absolute Gasteiger partial charge is 0.335 e. The number of benzene rings is 1. The van der Waals surface area contributed by atoms with Crippen LogP contribution in [-0.2, 0) is 4.79 Å². The van der Waals surface area contributed by atoms with Crippen LogP contribution in [0.5, 0.6) is 0 Å². The van der Waals surface area contributed by atoms with Gasteiger partial charge in [0.1, 0.15) is 11.6 Å². The summed E-state index contributed by atoms with van der Waals surface area (Å²) in [4.78, 5) is 37.4. The first-order valence-electron chi connectivity index (χ1n) is 11.3. The zero-order chi connectivity index (χ0) is 24.4. The first kappa shape index (κ1) is 22.9. The molecule has 1 aliphatic rings. The summed E-state index contributed by atoms with van der Waals surface area (Å²) in [6.45, 7) is 2.72. The summed E-state index contributed by atoms with van der Waals surface area (Å²) >= 11 is 1.47. The average molecular weight is 491 g/mol. The van der Waals surface area contributed by atoms with Crippen molar-refractivity contribution in [2.45, 2.75) is 19.8 Å². The molecule has 0 radical (unpaired) electrons. The van der Waals surface area contributed by atoms with Crippen molar-refractivity contribution >= 4 is 29.0 Å². The fourth-order valence-corrected chi connectivity index (χ4v) is 4.72. The highest BCUT2D eigenvalue weighted by atomic mass is 32.1. The minimum absolute atomic E-state index is 0.0407.